The summed E-state index contributed by atoms with van der Waals surface area (Å²) in [5, 5.41) is 2.38. The van der Waals surface area contributed by atoms with E-state index in [1.807, 2.05) is 19.2 Å². The fourth-order valence-electron chi connectivity index (χ4n) is 1.86. The smallest absolute Gasteiger partial charge is 0.318 e. The third-order valence-electron chi connectivity index (χ3n) is 2.76. The molecule has 21 heavy (non-hydrogen) atoms. The molecule has 1 aromatic rings. The molecule has 114 valence electrons. The van der Waals surface area contributed by atoms with Gasteiger partial charge in [-0.1, -0.05) is 37.6 Å². The van der Waals surface area contributed by atoms with Gasteiger partial charge >= 0.3 is 12.0 Å². The molecule has 3 N–H and O–H groups in total. The molecule has 0 saturated carbocycles. The maximum Gasteiger partial charge on any atom is 0.318 e. The number of ether oxygens (including phenoxy) is 1. The normalized spacial score (nSPS) is 11.8. The molecule has 0 unspecified atom stereocenters. The third-order valence-corrected chi connectivity index (χ3v) is 3.01. The SMILES string of the molecule is CC(C)[C@H](C(=O)OCC(=O)NC(N)=O)c1ccc(Cl)cc1. The summed E-state index contributed by atoms with van der Waals surface area (Å²) >= 11 is 5.81. The molecule has 0 fully saturated rings. The number of halogens is 1. The van der Waals surface area contributed by atoms with Crippen molar-refractivity contribution in [3.63, 3.8) is 0 Å². The molecule has 0 aliphatic rings. The van der Waals surface area contributed by atoms with E-state index in [9.17, 15) is 14.4 Å². The predicted octanol–water partition coefficient (Wildman–Crippen LogP) is 1.82. The minimum absolute atomic E-state index is 0.0297. The van der Waals surface area contributed by atoms with Gasteiger partial charge in [0.15, 0.2) is 6.61 Å². The monoisotopic (exact) mass is 312 g/mol. The van der Waals surface area contributed by atoms with Crippen LogP contribution in [0.5, 0.6) is 0 Å². The van der Waals surface area contributed by atoms with Gasteiger partial charge in [-0.3, -0.25) is 14.9 Å². The van der Waals surface area contributed by atoms with Crippen LogP contribution in [0.1, 0.15) is 25.3 Å². The van der Waals surface area contributed by atoms with Crippen LogP contribution in [-0.2, 0) is 14.3 Å². The van der Waals surface area contributed by atoms with Gasteiger partial charge in [0, 0.05) is 5.02 Å². The lowest BCUT2D eigenvalue weighted by Crippen LogP contribution is -2.38. The van der Waals surface area contributed by atoms with Crippen LogP contribution >= 0.6 is 11.6 Å². The average molecular weight is 313 g/mol. The second-order valence-corrected chi connectivity index (χ2v) is 5.23. The lowest BCUT2D eigenvalue weighted by Gasteiger charge is -2.19. The standard InChI is InChI=1S/C14H17ClN2O4/c1-8(2)12(9-3-5-10(15)6-4-9)13(19)21-7-11(18)17-14(16)20/h3-6,8,12H,7H2,1-2H3,(H3,16,17,18,20)/t12-/m0/s1. The van der Waals surface area contributed by atoms with Crippen LogP contribution in [0.2, 0.25) is 5.02 Å². The number of esters is 1. The van der Waals surface area contributed by atoms with Gasteiger partial charge in [-0.15, -0.1) is 0 Å². The van der Waals surface area contributed by atoms with Gasteiger partial charge in [0.2, 0.25) is 0 Å². The Bertz CT molecular complexity index is 528. The van der Waals surface area contributed by atoms with E-state index in [0.717, 1.165) is 5.56 Å². The van der Waals surface area contributed by atoms with Crippen LogP contribution in [0.15, 0.2) is 24.3 Å². The van der Waals surface area contributed by atoms with E-state index in [-0.39, 0.29) is 5.92 Å². The van der Waals surface area contributed by atoms with Crippen LogP contribution < -0.4 is 11.1 Å². The van der Waals surface area contributed by atoms with Crippen LogP contribution in [-0.4, -0.2) is 24.5 Å². The lowest BCUT2D eigenvalue weighted by atomic mass is 9.88. The third kappa shape index (κ3) is 5.43. The Kier molecular flexibility index (Phi) is 6.17. The van der Waals surface area contributed by atoms with E-state index in [1.165, 1.54) is 0 Å². The fraction of sp³-hybridized carbons (Fsp3) is 0.357. The van der Waals surface area contributed by atoms with E-state index < -0.39 is 30.4 Å². The molecule has 0 aliphatic carbocycles. The van der Waals surface area contributed by atoms with Crippen molar-refractivity contribution in [1.82, 2.24) is 5.32 Å². The number of rotatable bonds is 5. The number of nitrogens with two attached hydrogens (primary N) is 1. The highest BCUT2D eigenvalue weighted by molar-refractivity contribution is 6.30. The average Bonchev–Trinajstić information content (AvgIpc) is 2.38. The van der Waals surface area contributed by atoms with Crippen molar-refractivity contribution in [2.24, 2.45) is 11.7 Å². The minimum atomic E-state index is -0.992. The van der Waals surface area contributed by atoms with Gasteiger partial charge < -0.3 is 10.5 Å². The Hall–Kier alpha value is -2.08. The number of imide groups is 1. The maximum atomic E-state index is 12.1. The predicted molar refractivity (Wildman–Crippen MR) is 77.7 cm³/mol. The summed E-state index contributed by atoms with van der Waals surface area (Å²) in [5.41, 5.74) is 5.53. The second kappa shape index (κ2) is 7.64. The molecule has 1 aromatic carbocycles. The summed E-state index contributed by atoms with van der Waals surface area (Å²) in [6.07, 6.45) is 0. The summed E-state index contributed by atoms with van der Waals surface area (Å²) in [4.78, 5) is 33.8. The summed E-state index contributed by atoms with van der Waals surface area (Å²) in [7, 11) is 0. The topological polar surface area (TPSA) is 98.5 Å². The van der Waals surface area contributed by atoms with E-state index in [4.69, 9.17) is 22.1 Å². The molecule has 0 bridgehead atoms. The van der Waals surface area contributed by atoms with Crippen molar-refractivity contribution in [1.29, 1.82) is 0 Å². The highest BCUT2D eigenvalue weighted by Gasteiger charge is 2.26. The highest BCUT2D eigenvalue weighted by Crippen LogP contribution is 2.27. The van der Waals surface area contributed by atoms with Crippen molar-refractivity contribution in [2.45, 2.75) is 19.8 Å². The Balaban J connectivity index is 2.73. The first kappa shape index (κ1) is 17.0. The first-order valence-electron chi connectivity index (χ1n) is 6.32. The van der Waals surface area contributed by atoms with Gasteiger partial charge in [0.05, 0.1) is 5.92 Å². The molecule has 1 rings (SSSR count). The number of benzene rings is 1. The maximum absolute atomic E-state index is 12.1. The number of hydrogen-bond donors (Lipinski definition) is 2. The zero-order valence-corrected chi connectivity index (χ0v) is 12.5. The zero-order chi connectivity index (χ0) is 16.0. The van der Waals surface area contributed by atoms with Gasteiger partial charge in [0.25, 0.3) is 5.91 Å². The van der Waals surface area contributed by atoms with Gasteiger partial charge in [-0.25, -0.2) is 4.79 Å². The minimum Gasteiger partial charge on any atom is -0.455 e. The van der Waals surface area contributed by atoms with E-state index in [0.29, 0.717) is 5.02 Å². The Morgan fingerprint density at radius 2 is 1.81 bits per heavy atom. The van der Waals surface area contributed by atoms with E-state index in [2.05, 4.69) is 0 Å². The largest absolute Gasteiger partial charge is 0.455 e. The van der Waals surface area contributed by atoms with Crippen LogP contribution in [0.25, 0.3) is 0 Å². The second-order valence-electron chi connectivity index (χ2n) is 4.79. The number of amides is 3. The Morgan fingerprint density at radius 3 is 2.29 bits per heavy atom. The first-order valence-corrected chi connectivity index (χ1v) is 6.70. The van der Waals surface area contributed by atoms with Gasteiger partial charge in [-0.05, 0) is 23.6 Å². The molecule has 3 amide bonds. The van der Waals surface area contributed by atoms with Gasteiger partial charge in [-0.2, -0.15) is 0 Å². The molecule has 6 nitrogen and oxygen atoms in total. The van der Waals surface area contributed by atoms with Crippen molar-refractivity contribution in [2.75, 3.05) is 6.61 Å². The summed E-state index contributed by atoms with van der Waals surface area (Å²) in [6, 6.07) is 5.84. The number of carbonyl (C=O) groups excluding carboxylic acids is 3. The summed E-state index contributed by atoms with van der Waals surface area (Å²) in [6.45, 7) is 3.17. The van der Waals surface area contributed by atoms with E-state index in [1.54, 1.807) is 24.3 Å². The molecule has 0 saturated heterocycles. The highest BCUT2D eigenvalue weighted by atomic mass is 35.5. The number of carbonyl (C=O) groups is 3. The molecule has 1 atom stereocenters. The number of hydrogen-bond acceptors (Lipinski definition) is 4. The first-order chi connectivity index (χ1) is 9.81. The quantitative estimate of drug-likeness (QED) is 0.810. The van der Waals surface area contributed by atoms with Crippen LogP contribution in [0.4, 0.5) is 4.79 Å². The zero-order valence-electron chi connectivity index (χ0n) is 11.8. The molecular weight excluding hydrogens is 296 g/mol. The van der Waals surface area contributed by atoms with Gasteiger partial charge in [0.1, 0.15) is 0 Å². The molecule has 7 heteroatoms. The van der Waals surface area contributed by atoms with Crippen molar-refractivity contribution in [3.05, 3.63) is 34.9 Å². The molecule has 0 heterocycles. The molecule has 0 spiro atoms. The lowest BCUT2D eigenvalue weighted by molar-refractivity contribution is -0.150. The van der Waals surface area contributed by atoms with Crippen LogP contribution in [0.3, 0.4) is 0 Å². The molecular formula is C14H17ClN2O4. The van der Waals surface area contributed by atoms with Crippen molar-refractivity contribution in [3.8, 4) is 0 Å². The molecule has 0 aromatic heterocycles. The van der Waals surface area contributed by atoms with Crippen LogP contribution in [0, 0.1) is 5.92 Å². The Morgan fingerprint density at radius 1 is 1.24 bits per heavy atom. The summed E-state index contributed by atoms with van der Waals surface area (Å²) < 4.78 is 4.92. The summed E-state index contributed by atoms with van der Waals surface area (Å²) in [5.74, 6) is -1.87. The number of nitrogens with one attached hydrogen (secondary N) is 1. The Labute approximate surface area is 127 Å². The number of urea groups is 1. The van der Waals surface area contributed by atoms with Crippen molar-refractivity contribution < 1.29 is 19.1 Å². The molecule has 0 aliphatic heterocycles. The molecule has 0 radical (unpaired) electrons. The van der Waals surface area contributed by atoms with Crippen molar-refractivity contribution >= 4 is 29.5 Å². The fourth-order valence-corrected chi connectivity index (χ4v) is 1.99. The van der Waals surface area contributed by atoms with E-state index >= 15 is 0 Å². The number of primary amides is 1.